The molecule has 3 amide bonds. The molecule has 1 spiro atoms. The van der Waals surface area contributed by atoms with E-state index in [1.807, 2.05) is 84.9 Å². The standard InChI is InChI=1S/C41H45N3O6Si/c1-27-39(51(3,4)32-18-16-31(49-2)17-19-32)36(25-38(47)43(22-23-45)26-28-10-6-5-7-11-28)50-41(27)33-24-30(15-20-34(33)42-40(41)48)44-35-13-9-8-12-29(35)14-21-37(44)46/h5-13,15-20,24,27,36,39,45H,14,21-23,25-26H2,1-4H3,(H,42,48)/t27-,36+,39-,41+/m0/s1. The lowest BCUT2D eigenvalue weighted by molar-refractivity contribution is -0.148. The Morgan fingerprint density at radius 3 is 2.45 bits per heavy atom. The highest BCUT2D eigenvalue weighted by molar-refractivity contribution is 6.91. The molecule has 0 aliphatic carbocycles. The second-order valence-corrected chi connectivity index (χ2v) is 19.1. The van der Waals surface area contributed by atoms with E-state index in [2.05, 4.69) is 37.5 Å². The molecular weight excluding hydrogens is 659 g/mol. The van der Waals surface area contributed by atoms with Crippen molar-refractivity contribution >= 4 is 48.0 Å². The van der Waals surface area contributed by atoms with Gasteiger partial charge in [-0.3, -0.25) is 19.3 Å². The molecule has 2 N–H and O–H groups in total. The van der Waals surface area contributed by atoms with Gasteiger partial charge < -0.3 is 24.8 Å². The van der Waals surface area contributed by atoms with Crippen LogP contribution in [-0.4, -0.2) is 62.2 Å². The first-order valence-corrected chi connectivity index (χ1v) is 20.8. The van der Waals surface area contributed by atoms with E-state index < -0.39 is 19.8 Å². The molecule has 3 aliphatic heterocycles. The molecule has 0 aromatic heterocycles. The van der Waals surface area contributed by atoms with Crippen molar-refractivity contribution in [3.8, 4) is 5.75 Å². The fourth-order valence-electron chi connectivity index (χ4n) is 8.69. The van der Waals surface area contributed by atoms with Crippen LogP contribution in [0.15, 0.2) is 97.1 Å². The van der Waals surface area contributed by atoms with Gasteiger partial charge in [-0.1, -0.05) is 85.9 Å². The van der Waals surface area contributed by atoms with Gasteiger partial charge in [-0.2, -0.15) is 0 Å². The van der Waals surface area contributed by atoms with Crippen molar-refractivity contribution in [3.05, 3.63) is 114 Å². The van der Waals surface area contributed by atoms with Crippen LogP contribution in [0.5, 0.6) is 5.75 Å². The fourth-order valence-corrected chi connectivity index (χ4v) is 12.7. The molecule has 4 aromatic carbocycles. The number of rotatable bonds is 10. The lowest BCUT2D eigenvalue weighted by Crippen LogP contribution is -2.52. The minimum Gasteiger partial charge on any atom is -0.497 e. The van der Waals surface area contributed by atoms with Crippen molar-refractivity contribution in [2.45, 2.75) is 63.1 Å². The minimum absolute atomic E-state index is 0.00263. The third-order valence-corrected chi connectivity index (χ3v) is 15.6. The number of methoxy groups -OCH3 is 1. The zero-order valence-corrected chi connectivity index (χ0v) is 30.6. The van der Waals surface area contributed by atoms with Crippen LogP contribution in [0.2, 0.25) is 18.6 Å². The maximum atomic E-state index is 14.4. The molecule has 3 heterocycles. The van der Waals surface area contributed by atoms with Crippen LogP contribution >= 0.6 is 0 Å². The van der Waals surface area contributed by atoms with E-state index in [4.69, 9.17) is 9.47 Å². The number of para-hydroxylation sites is 1. The number of nitrogens with zero attached hydrogens (tertiary/aromatic N) is 2. The maximum absolute atomic E-state index is 14.4. The first kappa shape index (κ1) is 34.7. The summed E-state index contributed by atoms with van der Waals surface area (Å²) >= 11 is 0. The number of hydrogen-bond donors (Lipinski definition) is 2. The Hall–Kier alpha value is -4.77. The number of aryl methyl sites for hydroxylation is 1. The number of fused-ring (bicyclic) bond motifs is 3. The van der Waals surface area contributed by atoms with E-state index in [1.165, 1.54) is 0 Å². The predicted molar refractivity (Wildman–Crippen MR) is 200 cm³/mol. The van der Waals surface area contributed by atoms with E-state index in [0.717, 1.165) is 27.8 Å². The number of benzene rings is 4. The summed E-state index contributed by atoms with van der Waals surface area (Å²) in [5.74, 6) is 0.0315. The highest BCUT2D eigenvalue weighted by Gasteiger charge is 2.65. The Balaban J connectivity index is 1.30. The summed E-state index contributed by atoms with van der Waals surface area (Å²) in [5, 5.41) is 14.2. The van der Waals surface area contributed by atoms with Crippen molar-refractivity contribution in [1.29, 1.82) is 0 Å². The molecule has 1 saturated heterocycles. The largest absolute Gasteiger partial charge is 0.497 e. The molecule has 10 heteroatoms. The molecule has 7 rings (SSSR count). The zero-order valence-electron chi connectivity index (χ0n) is 29.6. The van der Waals surface area contributed by atoms with Crippen LogP contribution in [0.1, 0.15) is 36.5 Å². The molecule has 9 nitrogen and oxygen atoms in total. The van der Waals surface area contributed by atoms with Gasteiger partial charge in [-0.15, -0.1) is 0 Å². The van der Waals surface area contributed by atoms with Crippen molar-refractivity contribution in [2.75, 3.05) is 30.5 Å². The van der Waals surface area contributed by atoms with Gasteiger partial charge in [-0.25, -0.2) is 0 Å². The second-order valence-electron chi connectivity index (χ2n) is 14.4. The summed E-state index contributed by atoms with van der Waals surface area (Å²) in [6, 6.07) is 31.4. The van der Waals surface area contributed by atoms with Crippen LogP contribution < -0.4 is 20.1 Å². The predicted octanol–water partition coefficient (Wildman–Crippen LogP) is 5.89. The molecule has 0 radical (unpaired) electrons. The van der Waals surface area contributed by atoms with Crippen molar-refractivity contribution in [1.82, 2.24) is 4.90 Å². The van der Waals surface area contributed by atoms with Crippen molar-refractivity contribution in [2.24, 2.45) is 5.92 Å². The van der Waals surface area contributed by atoms with E-state index in [9.17, 15) is 19.5 Å². The summed E-state index contributed by atoms with van der Waals surface area (Å²) in [4.78, 5) is 45.5. The molecule has 0 unspecified atom stereocenters. The van der Waals surface area contributed by atoms with Gasteiger partial charge in [0.05, 0.1) is 40.0 Å². The monoisotopic (exact) mass is 703 g/mol. The van der Waals surface area contributed by atoms with Crippen LogP contribution in [0.3, 0.4) is 0 Å². The van der Waals surface area contributed by atoms with E-state index in [-0.39, 0.29) is 48.8 Å². The molecule has 3 aliphatic rings. The number of ether oxygens (including phenoxy) is 2. The van der Waals surface area contributed by atoms with E-state index in [1.54, 1.807) is 16.9 Å². The van der Waals surface area contributed by atoms with Gasteiger partial charge in [0.1, 0.15) is 5.75 Å². The highest BCUT2D eigenvalue weighted by atomic mass is 28.3. The molecule has 4 atom stereocenters. The van der Waals surface area contributed by atoms with E-state index >= 15 is 0 Å². The third kappa shape index (κ3) is 6.05. The number of amides is 3. The topological polar surface area (TPSA) is 108 Å². The Bertz CT molecular complexity index is 1950. The average Bonchev–Trinajstić information content (AvgIpc) is 3.59. The van der Waals surface area contributed by atoms with Crippen molar-refractivity contribution < 1.29 is 29.0 Å². The quantitative estimate of drug-likeness (QED) is 0.200. The first-order chi connectivity index (χ1) is 24.6. The Kier molecular flexibility index (Phi) is 9.34. The summed E-state index contributed by atoms with van der Waals surface area (Å²) in [7, 11) is -0.854. The van der Waals surface area contributed by atoms with Crippen LogP contribution in [0.25, 0.3) is 0 Å². The van der Waals surface area contributed by atoms with Gasteiger partial charge in [-0.05, 0) is 59.5 Å². The molecular formula is C41H45N3O6Si. The van der Waals surface area contributed by atoms with Gasteiger partial charge >= 0.3 is 0 Å². The molecule has 0 bridgehead atoms. The number of nitrogens with one attached hydrogen (secondary N) is 1. The third-order valence-electron chi connectivity index (χ3n) is 11.2. The Labute approximate surface area is 300 Å². The zero-order chi connectivity index (χ0) is 35.9. The summed E-state index contributed by atoms with van der Waals surface area (Å²) < 4.78 is 12.6. The van der Waals surface area contributed by atoms with E-state index in [0.29, 0.717) is 36.3 Å². The molecule has 51 heavy (non-hydrogen) atoms. The summed E-state index contributed by atoms with van der Waals surface area (Å²) in [6.07, 6.45) is 0.535. The Morgan fingerprint density at radius 1 is 1.00 bits per heavy atom. The molecule has 4 aromatic rings. The number of carbonyl (C=O) groups excluding carboxylic acids is 3. The minimum atomic E-state index is -2.50. The average molecular weight is 704 g/mol. The lowest BCUT2D eigenvalue weighted by atomic mass is 9.82. The van der Waals surface area contributed by atoms with Crippen LogP contribution in [0, 0.1) is 5.92 Å². The number of aliphatic hydroxyl groups is 1. The maximum Gasteiger partial charge on any atom is 0.261 e. The number of anilines is 3. The summed E-state index contributed by atoms with van der Waals surface area (Å²) in [6.45, 7) is 7.00. The van der Waals surface area contributed by atoms with Gasteiger partial charge in [0.25, 0.3) is 5.91 Å². The van der Waals surface area contributed by atoms with Gasteiger partial charge in [0.15, 0.2) is 5.60 Å². The Morgan fingerprint density at radius 2 is 1.73 bits per heavy atom. The summed E-state index contributed by atoms with van der Waals surface area (Å²) in [5.41, 5.74) is 3.39. The fraction of sp³-hybridized carbons (Fsp3) is 0.341. The molecule has 1 fully saturated rings. The van der Waals surface area contributed by atoms with Gasteiger partial charge in [0.2, 0.25) is 11.8 Å². The number of carbonyl (C=O) groups is 3. The van der Waals surface area contributed by atoms with Crippen LogP contribution in [0.4, 0.5) is 17.1 Å². The second kappa shape index (κ2) is 13.7. The molecule has 264 valence electrons. The van der Waals surface area contributed by atoms with Crippen molar-refractivity contribution in [3.63, 3.8) is 0 Å². The lowest BCUT2D eigenvalue weighted by Gasteiger charge is -2.37. The SMILES string of the molecule is COc1ccc([Si](C)(C)[C@@H]2[C@@H](CC(=O)N(CCO)Cc3ccccc3)O[C@]3(C(=O)Nc4ccc(N5C(=O)CCc6ccccc65)cc43)[C@H]2C)cc1. The smallest absolute Gasteiger partial charge is 0.261 e. The first-order valence-electron chi connectivity index (χ1n) is 17.7. The van der Waals surface area contributed by atoms with Crippen LogP contribution in [-0.2, 0) is 37.7 Å². The number of hydrogen-bond acceptors (Lipinski definition) is 6. The normalized spacial score (nSPS) is 22.5. The highest BCUT2D eigenvalue weighted by Crippen LogP contribution is 2.59. The van der Waals surface area contributed by atoms with Gasteiger partial charge in [0, 0.05) is 42.4 Å². The molecule has 0 saturated carbocycles. The number of aliphatic hydroxyl groups excluding tert-OH is 1.